The lowest BCUT2D eigenvalue weighted by Crippen LogP contribution is -2.44. The Kier molecular flexibility index (Phi) is 8.67. The summed E-state index contributed by atoms with van der Waals surface area (Å²) in [5.41, 5.74) is 5.72. The zero-order valence-electron chi connectivity index (χ0n) is 11.7. The van der Waals surface area contributed by atoms with E-state index in [-0.39, 0.29) is 30.0 Å². The van der Waals surface area contributed by atoms with Crippen LogP contribution in [0.5, 0.6) is 0 Å². The molecule has 0 bridgehead atoms. The zero-order valence-corrected chi connectivity index (χ0v) is 12.5. The van der Waals surface area contributed by atoms with Crippen molar-refractivity contribution in [2.45, 2.75) is 26.3 Å². The SMILES string of the molecule is CC(C)C[C@H](N)C(=O)NCCNC(=O)c1ccco1.Cl. The van der Waals surface area contributed by atoms with Gasteiger partial charge in [0.25, 0.3) is 5.91 Å². The fraction of sp³-hybridized carbons (Fsp3) is 0.538. The fourth-order valence-electron chi connectivity index (χ4n) is 1.60. The van der Waals surface area contributed by atoms with Crippen molar-refractivity contribution in [1.29, 1.82) is 0 Å². The first kappa shape index (κ1) is 18.5. The van der Waals surface area contributed by atoms with Crippen LogP contribution in [0.4, 0.5) is 0 Å². The van der Waals surface area contributed by atoms with E-state index in [1.807, 2.05) is 13.8 Å². The van der Waals surface area contributed by atoms with Crippen molar-refractivity contribution < 1.29 is 14.0 Å². The van der Waals surface area contributed by atoms with Gasteiger partial charge in [-0.3, -0.25) is 9.59 Å². The second-order valence-electron chi connectivity index (χ2n) is 4.76. The number of furan rings is 1. The van der Waals surface area contributed by atoms with Gasteiger partial charge in [-0.15, -0.1) is 12.4 Å². The molecule has 4 N–H and O–H groups in total. The molecular weight excluding hydrogens is 282 g/mol. The third kappa shape index (κ3) is 6.58. The molecule has 1 heterocycles. The van der Waals surface area contributed by atoms with Gasteiger partial charge < -0.3 is 20.8 Å². The monoisotopic (exact) mass is 303 g/mol. The molecule has 0 aliphatic rings. The number of nitrogens with two attached hydrogens (primary N) is 1. The summed E-state index contributed by atoms with van der Waals surface area (Å²) in [7, 11) is 0. The van der Waals surface area contributed by atoms with Gasteiger partial charge in [0, 0.05) is 13.1 Å². The lowest BCUT2D eigenvalue weighted by atomic mass is 10.0. The minimum absolute atomic E-state index is 0. The molecule has 0 spiro atoms. The van der Waals surface area contributed by atoms with Crippen molar-refractivity contribution in [3.63, 3.8) is 0 Å². The summed E-state index contributed by atoms with van der Waals surface area (Å²) in [6.45, 7) is 4.70. The second kappa shape index (κ2) is 9.39. The van der Waals surface area contributed by atoms with Crippen molar-refractivity contribution in [2.24, 2.45) is 11.7 Å². The molecule has 20 heavy (non-hydrogen) atoms. The number of amides is 2. The molecule has 7 heteroatoms. The molecule has 2 amide bonds. The standard InChI is InChI=1S/C13H21N3O3.ClH/c1-9(2)8-10(14)12(17)15-5-6-16-13(18)11-4-3-7-19-11;/h3-4,7,9-10H,5-6,8,14H2,1-2H3,(H,15,17)(H,16,18);1H/t10-;/m0./s1. The number of halogens is 1. The molecule has 0 radical (unpaired) electrons. The van der Waals surface area contributed by atoms with Gasteiger partial charge in [0.1, 0.15) is 0 Å². The maximum absolute atomic E-state index is 11.6. The summed E-state index contributed by atoms with van der Waals surface area (Å²) in [5, 5.41) is 5.31. The topological polar surface area (TPSA) is 97.4 Å². The van der Waals surface area contributed by atoms with Gasteiger partial charge in [-0.25, -0.2) is 0 Å². The molecule has 1 atom stereocenters. The van der Waals surface area contributed by atoms with Crippen molar-refractivity contribution in [1.82, 2.24) is 10.6 Å². The normalized spacial score (nSPS) is 11.6. The largest absolute Gasteiger partial charge is 0.459 e. The Hall–Kier alpha value is -1.53. The van der Waals surface area contributed by atoms with Gasteiger partial charge in [0.05, 0.1) is 12.3 Å². The number of hydrogen-bond donors (Lipinski definition) is 3. The molecule has 0 aliphatic carbocycles. The highest BCUT2D eigenvalue weighted by Crippen LogP contribution is 2.02. The molecule has 0 saturated heterocycles. The Bertz CT molecular complexity index is 407. The van der Waals surface area contributed by atoms with Crippen LogP contribution >= 0.6 is 12.4 Å². The van der Waals surface area contributed by atoms with E-state index in [0.29, 0.717) is 25.4 Å². The Morgan fingerprint density at radius 3 is 2.50 bits per heavy atom. The van der Waals surface area contributed by atoms with Crippen LogP contribution < -0.4 is 16.4 Å². The van der Waals surface area contributed by atoms with Crippen LogP contribution in [0.15, 0.2) is 22.8 Å². The first-order chi connectivity index (χ1) is 9.00. The van der Waals surface area contributed by atoms with Crippen LogP contribution in [0, 0.1) is 5.92 Å². The molecule has 1 aromatic heterocycles. The fourth-order valence-corrected chi connectivity index (χ4v) is 1.60. The number of hydrogen-bond acceptors (Lipinski definition) is 4. The van der Waals surface area contributed by atoms with E-state index in [9.17, 15) is 9.59 Å². The van der Waals surface area contributed by atoms with E-state index >= 15 is 0 Å². The van der Waals surface area contributed by atoms with Crippen LogP contribution in [0.2, 0.25) is 0 Å². The Labute approximate surface area is 124 Å². The van der Waals surface area contributed by atoms with Crippen LogP contribution in [-0.2, 0) is 4.79 Å². The first-order valence-electron chi connectivity index (χ1n) is 6.35. The first-order valence-corrected chi connectivity index (χ1v) is 6.35. The molecule has 0 aliphatic heterocycles. The van der Waals surface area contributed by atoms with Crippen molar-refractivity contribution in [3.8, 4) is 0 Å². The Morgan fingerprint density at radius 1 is 1.30 bits per heavy atom. The highest BCUT2D eigenvalue weighted by molar-refractivity contribution is 5.91. The van der Waals surface area contributed by atoms with E-state index in [2.05, 4.69) is 10.6 Å². The minimum atomic E-state index is -0.499. The third-order valence-electron chi connectivity index (χ3n) is 2.52. The van der Waals surface area contributed by atoms with E-state index in [1.165, 1.54) is 6.26 Å². The molecule has 6 nitrogen and oxygen atoms in total. The molecule has 0 aromatic carbocycles. The lowest BCUT2D eigenvalue weighted by Gasteiger charge is -2.14. The zero-order chi connectivity index (χ0) is 14.3. The predicted octanol–water partition coefficient (Wildman–Crippen LogP) is 0.921. The smallest absolute Gasteiger partial charge is 0.287 e. The summed E-state index contributed by atoms with van der Waals surface area (Å²) in [6.07, 6.45) is 2.08. The van der Waals surface area contributed by atoms with Crippen LogP contribution in [0.1, 0.15) is 30.8 Å². The van der Waals surface area contributed by atoms with Gasteiger partial charge >= 0.3 is 0 Å². The lowest BCUT2D eigenvalue weighted by molar-refractivity contribution is -0.122. The summed E-state index contributed by atoms with van der Waals surface area (Å²) < 4.78 is 4.94. The summed E-state index contributed by atoms with van der Waals surface area (Å²) in [4.78, 5) is 23.1. The summed E-state index contributed by atoms with van der Waals surface area (Å²) >= 11 is 0. The molecule has 1 aromatic rings. The number of carbonyl (C=O) groups excluding carboxylic acids is 2. The minimum Gasteiger partial charge on any atom is -0.459 e. The van der Waals surface area contributed by atoms with Gasteiger partial charge in [-0.2, -0.15) is 0 Å². The maximum Gasteiger partial charge on any atom is 0.287 e. The highest BCUT2D eigenvalue weighted by Gasteiger charge is 2.14. The molecule has 0 saturated carbocycles. The van der Waals surface area contributed by atoms with Gasteiger partial charge in [-0.1, -0.05) is 13.8 Å². The Balaban J connectivity index is 0.00000361. The van der Waals surface area contributed by atoms with E-state index < -0.39 is 6.04 Å². The number of nitrogens with one attached hydrogen (secondary N) is 2. The van der Waals surface area contributed by atoms with E-state index in [1.54, 1.807) is 12.1 Å². The molecule has 1 rings (SSSR count). The number of rotatable bonds is 7. The predicted molar refractivity (Wildman–Crippen MR) is 78.7 cm³/mol. The average molecular weight is 304 g/mol. The van der Waals surface area contributed by atoms with E-state index in [4.69, 9.17) is 10.2 Å². The van der Waals surface area contributed by atoms with Gasteiger partial charge in [0.2, 0.25) is 5.91 Å². The van der Waals surface area contributed by atoms with Crippen molar-refractivity contribution in [2.75, 3.05) is 13.1 Å². The molecule has 114 valence electrons. The van der Waals surface area contributed by atoms with Crippen molar-refractivity contribution >= 4 is 24.2 Å². The highest BCUT2D eigenvalue weighted by atomic mass is 35.5. The van der Waals surface area contributed by atoms with Crippen molar-refractivity contribution in [3.05, 3.63) is 24.2 Å². The van der Waals surface area contributed by atoms with Gasteiger partial charge in [-0.05, 0) is 24.5 Å². The quantitative estimate of drug-likeness (QED) is 0.652. The molecular formula is C13H22ClN3O3. The maximum atomic E-state index is 11.6. The van der Waals surface area contributed by atoms with Gasteiger partial charge in [0.15, 0.2) is 5.76 Å². The molecule has 0 unspecified atom stereocenters. The van der Waals surface area contributed by atoms with Crippen LogP contribution in [0.3, 0.4) is 0 Å². The Morgan fingerprint density at radius 2 is 1.95 bits per heavy atom. The van der Waals surface area contributed by atoms with Crippen LogP contribution in [0.25, 0.3) is 0 Å². The average Bonchev–Trinajstić information content (AvgIpc) is 2.86. The van der Waals surface area contributed by atoms with Crippen LogP contribution in [-0.4, -0.2) is 30.9 Å². The summed E-state index contributed by atoms with van der Waals surface area (Å²) in [6, 6.07) is 2.72. The third-order valence-corrected chi connectivity index (χ3v) is 2.52. The van der Waals surface area contributed by atoms with E-state index in [0.717, 1.165) is 0 Å². The molecule has 0 fully saturated rings. The second-order valence-corrected chi connectivity index (χ2v) is 4.76. The number of carbonyl (C=O) groups is 2. The summed E-state index contributed by atoms with van der Waals surface area (Å²) in [5.74, 6) is 0.133.